The molecule has 1 aromatic heterocycles. The van der Waals surface area contributed by atoms with E-state index < -0.39 is 0 Å². The Morgan fingerprint density at radius 3 is 3.11 bits per heavy atom. The van der Waals surface area contributed by atoms with E-state index in [1.165, 1.54) is 19.3 Å². The smallest absolute Gasteiger partial charge is 0.226 e. The van der Waals surface area contributed by atoms with Gasteiger partial charge in [0.1, 0.15) is 0 Å². The quantitative estimate of drug-likeness (QED) is 0.862. The lowest BCUT2D eigenvalue weighted by Crippen LogP contribution is -2.32. The average molecular weight is 252 g/mol. The zero-order valence-corrected chi connectivity index (χ0v) is 11.5. The van der Waals surface area contributed by atoms with E-state index in [1.807, 2.05) is 0 Å². The fraction of sp³-hybridized carbons (Fsp3) is 0.846. The molecule has 5 nitrogen and oxygen atoms in total. The lowest BCUT2D eigenvalue weighted by molar-refractivity contribution is 0.209. The SMILES string of the molecule is CCCc1nc(CN(C)C2CCCNCC2)no1. The third kappa shape index (κ3) is 3.78. The molecule has 5 heteroatoms. The van der Waals surface area contributed by atoms with Crippen molar-refractivity contribution in [3.63, 3.8) is 0 Å². The van der Waals surface area contributed by atoms with Crippen molar-refractivity contribution < 1.29 is 4.52 Å². The summed E-state index contributed by atoms with van der Waals surface area (Å²) in [5.74, 6) is 1.58. The van der Waals surface area contributed by atoms with Gasteiger partial charge in [0.15, 0.2) is 5.82 Å². The lowest BCUT2D eigenvalue weighted by atomic mass is 10.1. The van der Waals surface area contributed by atoms with Gasteiger partial charge < -0.3 is 9.84 Å². The second-order valence-electron chi connectivity index (χ2n) is 5.10. The Labute approximate surface area is 109 Å². The molecule has 0 spiro atoms. The van der Waals surface area contributed by atoms with E-state index in [9.17, 15) is 0 Å². The molecule has 1 N–H and O–H groups in total. The van der Waals surface area contributed by atoms with Crippen LogP contribution in [0.1, 0.15) is 44.3 Å². The van der Waals surface area contributed by atoms with Gasteiger partial charge in [0.05, 0.1) is 6.54 Å². The van der Waals surface area contributed by atoms with Crippen molar-refractivity contribution in [2.24, 2.45) is 0 Å². The number of nitrogens with zero attached hydrogens (tertiary/aromatic N) is 3. The summed E-state index contributed by atoms with van der Waals surface area (Å²) in [6, 6.07) is 0.633. The minimum Gasteiger partial charge on any atom is -0.339 e. The molecule has 0 amide bonds. The molecule has 1 fully saturated rings. The van der Waals surface area contributed by atoms with Gasteiger partial charge in [-0.15, -0.1) is 0 Å². The summed E-state index contributed by atoms with van der Waals surface area (Å²) < 4.78 is 5.22. The van der Waals surface area contributed by atoms with Crippen molar-refractivity contribution in [3.8, 4) is 0 Å². The molecule has 1 aliphatic rings. The summed E-state index contributed by atoms with van der Waals surface area (Å²) in [6.45, 7) is 5.17. The summed E-state index contributed by atoms with van der Waals surface area (Å²) in [5, 5.41) is 7.49. The normalized spacial score (nSPS) is 21.2. The second kappa shape index (κ2) is 6.85. The monoisotopic (exact) mass is 252 g/mol. The first-order valence-electron chi connectivity index (χ1n) is 7.02. The second-order valence-corrected chi connectivity index (χ2v) is 5.10. The van der Waals surface area contributed by atoms with Crippen LogP contribution in [-0.2, 0) is 13.0 Å². The highest BCUT2D eigenvalue weighted by molar-refractivity contribution is 4.87. The van der Waals surface area contributed by atoms with Crippen LogP contribution < -0.4 is 5.32 Å². The van der Waals surface area contributed by atoms with Crippen molar-refractivity contribution in [3.05, 3.63) is 11.7 Å². The van der Waals surface area contributed by atoms with Gasteiger partial charge >= 0.3 is 0 Å². The molecule has 1 unspecified atom stereocenters. The van der Waals surface area contributed by atoms with Gasteiger partial charge in [-0.1, -0.05) is 12.1 Å². The van der Waals surface area contributed by atoms with Crippen molar-refractivity contribution in [1.29, 1.82) is 0 Å². The Morgan fingerprint density at radius 2 is 2.28 bits per heavy atom. The van der Waals surface area contributed by atoms with E-state index in [-0.39, 0.29) is 0 Å². The fourth-order valence-electron chi connectivity index (χ4n) is 2.46. The first-order valence-corrected chi connectivity index (χ1v) is 7.02. The minimum absolute atomic E-state index is 0.633. The molecule has 18 heavy (non-hydrogen) atoms. The molecule has 2 heterocycles. The van der Waals surface area contributed by atoms with E-state index in [0.29, 0.717) is 6.04 Å². The number of aryl methyl sites for hydroxylation is 1. The summed E-state index contributed by atoms with van der Waals surface area (Å²) in [4.78, 5) is 6.78. The molecule has 0 bridgehead atoms. The van der Waals surface area contributed by atoms with E-state index in [0.717, 1.165) is 44.2 Å². The Hall–Kier alpha value is -0.940. The molecule has 0 saturated carbocycles. The number of hydrogen-bond donors (Lipinski definition) is 1. The van der Waals surface area contributed by atoms with Crippen LogP contribution in [-0.4, -0.2) is 41.2 Å². The van der Waals surface area contributed by atoms with Gasteiger partial charge in [-0.05, 0) is 45.8 Å². The highest BCUT2D eigenvalue weighted by Crippen LogP contribution is 2.14. The van der Waals surface area contributed by atoms with Crippen molar-refractivity contribution in [2.45, 2.75) is 51.6 Å². The fourth-order valence-corrected chi connectivity index (χ4v) is 2.46. The Bertz CT molecular complexity index is 345. The van der Waals surface area contributed by atoms with Crippen LogP contribution >= 0.6 is 0 Å². The molecule has 1 saturated heterocycles. The molecule has 1 aliphatic heterocycles. The zero-order valence-electron chi connectivity index (χ0n) is 11.5. The average Bonchev–Trinajstić information content (AvgIpc) is 2.65. The van der Waals surface area contributed by atoms with E-state index in [4.69, 9.17) is 4.52 Å². The predicted molar refractivity (Wildman–Crippen MR) is 70.3 cm³/mol. The van der Waals surface area contributed by atoms with Crippen LogP contribution in [0.2, 0.25) is 0 Å². The van der Waals surface area contributed by atoms with Crippen LogP contribution in [0, 0.1) is 0 Å². The van der Waals surface area contributed by atoms with Gasteiger partial charge in [0, 0.05) is 12.5 Å². The number of hydrogen-bond acceptors (Lipinski definition) is 5. The lowest BCUT2D eigenvalue weighted by Gasteiger charge is -2.25. The maximum Gasteiger partial charge on any atom is 0.226 e. The highest BCUT2D eigenvalue weighted by Gasteiger charge is 2.18. The third-order valence-corrected chi connectivity index (χ3v) is 3.53. The van der Waals surface area contributed by atoms with Crippen LogP contribution in [0.25, 0.3) is 0 Å². The van der Waals surface area contributed by atoms with Crippen LogP contribution in [0.15, 0.2) is 4.52 Å². The molecule has 0 aliphatic carbocycles. The van der Waals surface area contributed by atoms with Crippen molar-refractivity contribution in [1.82, 2.24) is 20.4 Å². The maximum absolute atomic E-state index is 5.22. The summed E-state index contributed by atoms with van der Waals surface area (Å²) in [7, 11) is 2.16. The van der Waals surface area contributed by atoms with Gasteiger partial charge in [0.2, 0.25) is 5.89 Å². The predicted octanol–water partition coefficient (Wildman–Crippen LogP) is 1.60. The molecule has 0 radical (unpaired) electrons. The largest absolute Gasteiger partial charge is 0.339 e. The Morgan fingerprint density at radius 1 is 1.39 bits per heavy atom. The van der Waals surface area contributed by atoms with Crippen molar-refractivity contribution in [2.75, 3.05) is 20.1 Å². The molecule has 2 rings (SSSR count). The minimum atomic E-state index is 0.633. The highest BCUT2D eigenvalue weighted by atomic mass is 16.5. The molecular formula is C13H24N4O. The zero-order chi connectivity index (χ0) is 12.8. The van der Waals surface area contributed by atoms with E-state index in [2.05, 4.69) is 34.3 Å². The molecular weight excluding hydrogens is 228 g/mol. The Kier molecular flexibility index (Phi) is 5.13. The third-order valence-electron chi connectivity index (χ3n) is 3.53. The van der Waals surface area contributed by atoms with Gasteiger partial charge in [0.25, 0.3) is 0 Å². The molecule has 102 valence electrons. The number of aromatic nitrogens is 2. The number of nitrogens with one attached hydrogen (secondary N) is 1. The summed E-state index contributed by atoms with van der Waals surface area (Å²) in [6.07, 6.45) is 5.64. The van der Waals surface area contributed by atoms with E-state index >= 15 is 0 Å². The summed E-state index contributed by atoms with van der Waals surface area (Å²) in [5.41, 5.74) is 0. The van der Waals surface area contributed by atoms with Crippen molar-refractivity contribution >= 4 is 0 Å². The first kappa shape index (κ1) is 13.5. The molecule has 1 aromatic rings. The maximum atomic E-state index is 5.22. The number of rotatable bonds is 5. The van der Waals surface area contributed by atoms with Gasteiger partial charge in [-0.2, -0.15) is 4.98 Å². The summed E-state index contributed by atoms with van der Waals surface area (Å²) >= 11 is 0. The topological polar surface area (TPSA) is 54.2 Å². The van der Waals surface area contributed by atoms with Gasteiger partial charge in [-0.25, -0.2) is 0 Å². The first-order chi connectivity index (χ1) is 8.79. The molecule has 1 atom stereocenters. The van der Waals surface area contributed by atoms with Gasteiger partial charge in [-0.3, -0.25) is 4.90 Å². The van der Waals surface area contributed by atoms with Crippen LogP contribution in [0.5, 0.6) is 0 Å². The Balaban J connectivity index is 1.86. The molecule has 0 aromatic carbocycles. The van der Waals surface area contributed by atoms with Crippen LogP contribution in [0.3, 0.4) is 0 Å². The van der Waals surface area contributed by atoms with Crippen LogP contribution in [0.4, 0.5) is 0 Å². The van der Waals surface area contributed by atoms with E-state index in [1.54, 1.807) is 0 Å². The standard InChI is InChI=1S/C13H24N4O/c1-3-5-13-15-12(16-18-13)10-17(2)11-6-4-8-14-9-7-11/h11,14H,3-10H2,1-2H3.